The average molecular weight is 347 g/mol. The molecule has 0 amide bonds. The van der Waals surface area contributed by atoms with E-state index in [1.807, 2.05) is 0 Å². The molecular formula is C24H30N2. The van der Waals surface area contributed by atoms with Crippen LogP contribution in [0.2, 0.25) is 0 Å². The zero-order valence-electron chi connectivity index (χ0n) is 16.9. The Morgan fingerprint density at radius 2 is 1.50 bits per heavy atom. The van der Waals surface area contributed by atoms with Crippen molar-refractivity contribution in [3.8, 4) is 22.4 Å². The zero-order valence-corrected chi connectivity index (χ0v) is 16.9. The summed E-state index contributed by atoms with van der Waals surface area (Å²) in [5.74, 6) is 0. The van der Waals surface area contributed by atoms with Gasteiger partial charge in [0.05, 0.1) is 5.69 Å². The van der Waals surface area contributed by atoms with Crippen LogP contribution in [0.3, 0.4) is 0 Å². The smallest absolute Gasteiger partial charge is 0.0562 e. The fourth-order valence-corrected chi connectivity index (χ4v) is 3.79. The van der Waals surface area contributed by atoms with E-state index >= 15 is 0 Å². The molecule has 26 heavy (non-hydrogen) atoms. The highest BCUT2D eigenvalue weighted by atomic mass is 15.1. The van der Waals surface area contributed by atoms with Gasteiger partial charge < -0.3 is 9.47 Å². The van der Waals surface area contributed by atoms with Gasteiger partial charge in [-0.25, -0.2) is 0 Å². The quantitative estimate of drug-likeness (QED) is 0.539. The molecule has 1 heterocycles. The van der Waals surface area contributed by atoms with Crippen LogP contribution in [-0.4, -0.2) is 17.7 Å². The van der Waals surface area contributed by atoms with Gasteiger partial charge in [-0.3, -0.25) is 0 Å². The van der Waals surface area contributed by atoms with E-state index in [4.69, 9.17) is 0 Å². The van der Waals surface area contributed by atoms with Crippen molar-refractivity contribution in [2.75, 3.05) is 18.0 Å². The first-order chi connectivity index (χ1) is 12.5. The predicted molar refractivity (Wildman–Crippen MR) is 114 cm³/mol. The van der Waals surface area contributed by atoms with Gasteiger partial charge in [-0.15, -0.1) is 0 Å². The highest BCUT2D eigenvalue weighted by Gasteiger charge is 2.19. The normalized spacial score (nSPS) is 11.0. The van der Waals surface area contributed by atoms with Crippen LogP contribution in [0.15, 0.2) is 48.5 Å². The van der Waals surface area contributed by atoms with E-state index in [9.17, 15) is 0 Å². The molecular weight excluding hydrogens is 316 g/mol. The molecule has 3 rings (SSSR count). The van der Waals surface area contributed by atoms with Crippen LogP contribution in [0, 0.1) is 20.8 Å². The molecule has 2 nitrogen and oxygen atoms in total. The van der Waals surface area contributed by atoms with Crippen molar-refractivity contribution < 1.29 is 0 Å². The van der Waals surface area contributed by atoms with Crippen molar-refractivity contribution in [1.82, 2.24) is 4.57 Å². The Kier molecular flexibility index (Phi) is 5.22. The Hall–Kier alpha value is -2.48. The van der Waals surface area contributed by atoms with Gasteiger partial charge in [0.2, 0.25) is 0 Å². The maximum Gasteiger partial charge on any atom is 0.0562 e. The second kappa shape index (κ2) is 7.41. The number of aryl methyl sites for hydroxylation is 1. The number of aromatic nitrogens is 1. The number of hydrogen-bond donors (Lipinski definition) is 0. The van der Waals surface area contributed by atoms with Gasteiger partial charge in [-0.1, -0.05) is 42.0 Å². The van der Waals surface area contributed by atoms with Gasteiger partial charge in [0.15, 0.2) is 0 Å². The third-order valence-electron chi connectivity index (χ3n) is 5.58. The Morgan fingerprint density at radius 1 is 0.846 bits per heavy atom. The zero-order chi connectivity index (χ0) is 18.8. The van der Waals surface area contributed by atoms with Crippen LogP contribution < -0.4 is 4.90 Å². The van der Waals surface area contributed by atoms with E-state index in [2.05, 4.69) is 99.7 Å². The molecule has 2 aromatic carbocycles. The minimum Gasteiger partial charge on any atom is -0.372 e. The van der Waals surface area contributed by atoms with Crippen LogP contribution in [0.1, 0.15) is 30.7 Å². The minimum atomic E-state index is 1.03. The summed E-state index contributed by atoms with van der Waals surface area (Å²) < 4.78 is 2.33. The molecule has 0 N–H and O–H groups in total. The number of anilines is 1. The van der Waals surface area contributed by atoms with Crippen LogP contribution in [0.25, 0.3) is 22.4 Å². The van der Waals surface area contributed by atoms with Crippen LogP contribution in [-0.2, 0) is 7.05 Å². The summed E-state index contributed by atoms with van der Waals surface area (Å²) >= 11 is 0. The van der Waals surface area contributed by atoms with Crippen LogP contribution in [0.5, 0.6) is 0 Å². The largest absolute Gasteiger partial charge is 0.372 e. The van der Waals surface area contributed by atoms with E-state index in [0.717, 1.165) is 13.1 Å². The Morgan fingerprint density at radius 3 is 2.12 bits per heavy atom. The molecule has 1 aromatic heterocycles. The number of benzene rings is 2. The molecule has 0 aliphatic rings. The Bertz CT molecular complexity index is 897. The molecule has 0 saturated heterocycles. The topological polar surface area (TPSA) is 8.17 Å². The van der Waals surface area contributed by atoms with Crippen LogP contribution >= 0.6 is 0 Å². The second-order valence-electron chi connectivity index (χ2n) is 7.08. The molecule has 0 spiro atoms. The minimum absolute atomic E-state index is 1.03. The van der Waals surface area contributed by atoms with E-state index in [0.29, 0.717) is 0 Å². The Balaban J connectivity index is 2.21. The molecule has 0 aliphatic carbocycles. The monoisotopic (exact) mass is 346 g/mol. The standard InChI is InChI=1S/C24H30N2/c1-7-26(8-2)22-11-9-10-21(16-22)23-18(4)19(5)25(6)24(23)20-14-12-17(3)13-15-20/h9-16H,7-8H2,1-6H3. The van der Waals surface area contributed by atoms with Gasteiger partial charge in [-0.2, -0.15) is 0 Å². The Labute approximate surface area is 158 Å². The number of rotatable bonds is 5. The molecule has 136 valence electrons. The van der Waals surface area contributed by atoms with E-state index < -0.39 is 0 Å². The maximum absolute atomic E-state index is 2.40. The summed E-state index contributed by atoms with van der Waals surface area (Å²) in [6.07, 6.45) is 0. The fraction of sp³-hybridized carbons (Fsp3) is 0.333. The first kappa shape index (κ1) is 18.3. The van der Waals surface area contributed by atoms with Crippen molar-refractivity contribution in [1.29, 1.82) is 0 Å². The first-order valence-electron chi connectivity index (χ1n) is 9.56. The van der Waals surface area contributed by atoms with Crippen molar-refractivity contribution in [3.05, 3.63) is 65.4 Å². The van der Waals surface area contributed by atoms with Crippen LogP contribution in [0.4, 0.5) is 5.69 Å². The SMILES string of the molecule is CCN(CC)c1cccc(-c2c(C)c(C)n(C)c2-c2ccc(C)cc2)c1. The molecule has 0 unspecified atom stereocenters. The highest BCUT2D eigenvalue weighted by molar-refractivity contribution is 5.86. The number of nitrogens with zero attached hydrogens (tertiary/aromatic N) is 2. The summed E-state index contributed by atoms with van der Waals surface area (Å²) in [5, 5.41) is 0. The van der Waals surface area contributed by atoms with E-state index in [1.54, 1.807) is 0 Å². The van der Waals surface area contributed by atoms with E-state index in [1.165, 1.54) is 44.9 Å². The van der Waals surface area contributed by atoms with Gasteiger partial charge in [0.1, 0.15) is 0 Å². The summed E-state index contributed by atoms with van der Waals surface area (Å²) in [6, 6.07) is 17.9. The third kappa shape index (κ3) is 3.16. The first-order valence-corrected chi connectivity index (χ1v) is 9.56. The summed E-state index contributed by atoms with van der Waals surface area (Å²) in [7, 11) is 2.18. The molecule has 3 aromatic rings. The van der Waals surface area contributed by atoms with Crippen molar-refractivity contribution in [2.45, 2.75) is 34.6 Å². The van der Waals surface area contributed by atoms with Crippen molar-refractivity contribution in [2.24, 2.45) is 7.05 Å². The van der Waals surface area contributed by atoms with Crippen molar-refractivity contribution in [3.63, 3.8) is 0 Å². The van der Waals surface area contributed by atoms with Crippen molar-refractivity contribution >= 4 is 5.69 Å². The molecule has 2 heteroatoms. The molecule has 0 fully saturated rings. The molecule has 0 atom stereocenters. The highest BCUT2D eigenvalue weighted by Crippen LogP contribution is 2.39. The van der Waals surface area contributed by atoms with Gasteiger partial charge >= 0.3 is 0 Å². The second-order valence-corrected chi connectivity index (χ2v) is 7.08. The van der Waals surface area contributed by atoms with Gasteiger partial charge in [-0.05, 0) is 63.4 Å². The lowest BCUT2D eigenvalue weighted by molar-refractivity contribution is 0.866. The molecule has 0 saturated carbocycles. The maximum atomic E-state index is 2.40. The summed E-state index contributed by atoms with van der Waals surface area (Å²) in [6.45, 7) is 13.1. The van der Waals surface area contributed by atoms with Gasteiger partial charge in [0.25, 0.3) is 0 Å². The predicted octanol–water partition coefficient (Wildman–Crippen LogP) is 6.13. The molecule has 0 bridgehead atoms. The molecule has 0 radical (unpaired) electrons. The lowest BCUT2D eigenvalue weighted by atomic mass is 9.96. The third-order valence-corrected chi connectivity index (χ3v) is 5.58. The summed E-state index contributed by atoms with van der Waals surface area (Å²) in [5.41, 5.74) is 10.5. The average Bonchev–Trinajstić information content (AvgIpc) is 2.88. The van der Waals surface area contributed by atoms with Gasteiger partial charge in [0, 0.05) is 37.1 Å². The summed E-state index contributed by atoms with van der Waals surface area (Å²) in [4.78, 5) is 2.40. The number of hydrogen-bond acceptors (Lipinski definition) is 1. The fourth-order valence-electron chi connectivity index (χ4n) is 3.79. The molecule has 0 aliphatic heterocycles. The lowest BCUT2D eigenvalue weighted by Crippen LogP contribution is -2.21. The van der Waals surface area contributed by atoms with E-state index in [-0.39, 0.29) is 0 Å². The lowest BCUT2D eigenvalue weighted by Gasteiger charge is -2.22.